The van der Waals surface area contributed by atoms with Gasteiger partial charge >= 0.3 is 5.97 Å². The molecule has 6 nitrogen and oxygen atoms in total. The van der Waals surface area contributed by atoms with E-state index in [-0.39, 0.29) is 19.0 Å². The van der Waals surface area contributed by atoms with Gasteiger partial charge in [-0.1, -0.05) is 96.8 Å². The summed E-state index contributed by atoms with van der Waals surface area (Å²) in [6.07, 6.45) is 19.2. The van der Waals surface area contributed by atoms with Gasteiger partial charge in [0.05, 0.1) is 13.2 Å². The van der Waals surface area contributed by atoms with Gasteiger partial charge in [-0.15, -0.1) is 0 Å². The van der Waals surface area contributed by atoms with Gasteiger partial charge in [-0.05, 0) is 20.3 Å². The number of aliphatic hydroxyl groups excluding tert-OH is 3. The average Bonchev–Trinajstić information content (AvgIpc) is 2.70. The van der Waals surface area contributed by atoms with E-state index in [0.717, 1.165) is 12.8 Å². The smallest absolute Gasteiger partial charge is 0.303 e. The van der Waals surface area contributed by atoms with Crippen LogP contribution in [0.25, 0.3) is 0 Å². The molecule has 0 saturated heterocycles. The molecule has 6 heteroatoms. The van der Waals surface area contributed by atoms with Gasteiger partial charge < -0.3 is 25.2 Å². The molecule has 0 aromatic carbocycles. The molecule has 4 N–H and O–H groups in total. The van der Waals surface area contributed by atoms with Gasteiger partial charge in [-0.25, -0.2) is 0 Å². The van der Waals surface area contributed by atoms with Gasteiger partial charge in [0.25, 0.3) is 0 Å². The molecule has 0 atom stereocenters. The minimum Gasteiger partial charge on any atom is -0.481 e. The molecule has 0 aliphatic rings. The first-order chi connectivity index (χ1) is 14.3. The third-order valence-electron chi connectivity index (χ3n) is 4.42. The van der Waals surface area contributed by atoms with Gasteiger partial charge in [-0.3, -0.25) is 4.79 Å². The van der Waals surface area contributed by atoms with Crippen molar-refractivity contribution in [2.75, 3.05) is 13.2 Å². The first kappa shape index (κ1) is 33.7. The number of hydrogen-bond acceptors (Lipinski definition) is 5. The summed E-state index contributed by atoms with van der Waals surface area (Å²) in [5, 5.41) is 32.5. The fraction of sp³-hybridized carbons (Fsp3) is 0.917. The Hall–Kier alpha value is -0.980. The van der Waals surface area contributed by atoms with Crippen LogP contribution in [-0.2, 0) is 9.59 Å². The topological polar surface area (TPSA) is 115 Å². The highest BCUT2D eigenvalue weighted by molar-refractivity contribution is 5.72. The first-order valence-electron chi connectivity index (χ1n) is 11.9. The number of carboxylic acids is 1. The highest BCUT2D eigenvalue weighted by atomic mass is 16.4. The van der Waals surface area contributed by atoms with Crippen LogP contribution in [0.15, 0.2) is 0 Å². The van der Waals surface area contributed by atoms with Gasteiger partial charge in [0.15, 0.2) is 0 Å². The van der Waals surface area contributed by atoms with E-state index >= 15 is 0 Å². The van der Waals surface area contributed by atoms with E-state index in [2.05, 4.69) is 6.92 Å². The maximum Gasteiger partial charge on any atom is 0.303 e. The lowest BCUT2D eigenvalue weighted by molar-refractivity contribution is -0.137. The summed E-state index contributed by atoms with van der Waals surface area (Å²) in [7, 11) is 0. The zero-order valence-electron chi connectivity index (χ0n) is 19.9. The van der Waals surface area contributed by atoms with Crippen LogP contribution in [0.4, 0.5) is 0 Å². The molecular formula is C24H50O6. The van der Waals surface area contributed by atoms with Crippen molar-refractivity contribution in [3.8, 4) is 0 Å². The van der Waals surface area contributed by atoms with E-state index in [9.17, 15) is 9.59 Å². The van der Waals surface area contributed by atoms with Crippen molar-refractivity contribution in [3.05, 3.63) is 0 Å². The van der Waals surface area contributed by atoms with Gasteiger partial charge in [0.1, 0.15) is 11.9 Å². The summed E-state index contributed by atoms with van der Waals surface area (Å²) in [5.41, 5.74) is 0. The lowest BCUT2D eigenvalue weighted by Crippen LogP contribution is -2.15. The van der Waals surface area contributed by atoms with Crippen LogP contribution in [0.3, 0.4) is 0 Å². The number of Topliss-reactive ketones (excluding diaryl/α,β-unsaturated/α-hetero) is 1. The largest absolute Gasteiger partial charge is 0.481 e. The van der Waals surface area contributed by atoms with E-state index in [1.165, 1.54) is 97.3 Å². The molecule has 0 heterocycles. The normalized spacial score (nSPS) is 10.1. The molecule has 0 rings (SSSR count). The van der Waals surface area contributed by atoms with Crippen molar-refractivity contribution < 1.29 is 30.0 Å². The predicted molar refractivity (Wildman–Crippen MR) is 124 cm³/mol. The summed E-state index contributed by atoms with van der Waals surface area (Å²) >= 11 is 0. The van der Waals surface area contributed by atoms with Crippen LogP contribution in [0, 0.1) is 0 Å². The van der Waals surface area contributed by atoms with E-state index in [1.807, 2.05) is 0 Å². The summed E-state index contributed by atoms with van der Waals surface area (Å²) in [6.45, 7) is 4.60. The molecule has 0 saturated carbocycles. The first-order valence-corrected chi connectivity index (χ1v) is 11.9. The van der Waals surface area contributed by atoms with E-state index in [0.29, 0.717) is 6.42 Å². The fourth-order valence-electron chi connectivity index (χ4n) is 2.71. The van der Waals surface area contributed by atoms with Crippen molar-refractivity contribution in [3.63, 3.8) is 0 Å². The third-order valence-corrected chi connectivity index (χ3v) is 4.42. The standard InChI is InChI=1S/C18H36O2.C3H8O3.C3H6O/c1-2-3-4-5-6-7-8-9-10-11-12-13-14-15-16-17-18(19)20;4-1-3(6)2-5;1-3(2)4/h2-17H2,1H3,(H,19,20);3-6H,1-2H2;1-2H3. The molecule has 0 fully saturated rings. The van der Waals surface area contributed by atoms with Crippen molar-refractivity contribution in [2.24, 2.45) is 0 Å². The highest BCUT2D eigenvalue weighted by Crippen LogP contribution is 2.13. The number of aliphatic carboxylic acids is 1. The Balaban J connectivity index is -0.000000600. The fourth-order valence-corrected chi connectivity index (χ4v) is 2.71. The Morgan fingerprint density at radius 3 is 1.10 bits per heavy atom. The molecule has 182 valence electrons. The zero-order valence-corrected chi connectivity index (χ0v) is 19.9. The molecule has 0 amide bonds. The predicted octanol–water partition coefficient (Wildman–Crippen LogP) is 5.26. The summed E-state index contributed by atoms with van der Waals surface area (Å²) in [6, 6.07) is 0. The van der Waals surface area contributed by atoms with Crippen molar-refractivity contribution in [1.29, 1.82) is 0 Å². The van der Waals surface area contributed by atoms with Crippen LogP contribution >= 0.6 is 0 Å². The second-order valence-corrected chi connectivity index (χ2v) is 8.02. The van der Waals surface area contributed by atoms with E-state index < -0.39 is 12.1 Å². The maximum absolute atomic E-state index is 10.3. The highest BCUT2D eigenvalue weighted by Gasteiger charge is 1.97. The Kier molecular flexibility index (Phi) is 33.9. The molecule has 0 unspecified atom stereocenters. The van der Waals surface area contributed by atoms with Gasteiger partial charge in [0, 0.05) is 6.42 Å². The minimum atomic E-state index is -0.954. The van der Waals surface area contributed by atoms with Gasteiger partial charge in [-0.2, -0.15) is 0 Å². The minimum absolute atomic E-state index is 0.167. The number of carbonyl (C=O) groups excluding carboxylic acids is 1. The molecule has 0 spiro atoms. The monoisotopic (exact) mass is 434 g/mol. The zero-order chi connectivity index (χ0) is 23.5. The van der Waals surface area contributed by atoms with Crippen LogP contribution < -0.4 is 0 Å². The third kappa shape index (κ3) is 45.6. The second-order valence-electron chi connectivity index (χ2n) is 8.02. The van der Waals surface area contributed by atoms with Crippen molar-refractivity contribution >= 4 is 11.8 Å². The number of carbonyl (C=O) groups is 2. The molecular weight excluding hydrogens is 384 g/mol. The van der Waals surface area contributed by atoms with Crippen LogP contribution in [0.5, 0.6) is 0 Å². The lowest BCUT2D eigenvalue weighted by Gasteiger charge is -2.03. The number of hydrogen-bond donors (Lipinski definition) is 4. The Bertz CT molecular complexity index is 339. The maximum atomic E-state index is 10.3. The van der Waals surface area contributed by atoms with E-state index in [1.54, 1.807) is 0 Å². The SMILES string of the molecule is CC(C)=O.CCCCCCCCCCCCCCCCCC(=O)O.OCC(O)CO. The van der Waals surface area contributed by atoms with E-state index in [4.69, 9.17) is 20.4 Å². The quantitative estimate of drug-likeness (QED) is 0.219. The van der Waals surface area contributed by atoms with Crippen LogP contribution in [-0.4, -0.2) is 51.5 Å². The molecule has 0 aromatic heterocycles. The summed E-state index contributed by atoms with van der Waals surface area (Å²) in [5.74, 6) is -0.486. The number of aliphatic hydroxyl groups is 3. The molecule has 0 aromatic rings. The number of rotatable bonds is 18. The van der Waals surface area contributed by atoms with Crippen LogP contribution in [0.1, 0.15) is 124 Å². The summed E-state index contributed by atoms with van der Waals surface area (Å²) < 4.78 is 0. The Morgan fingerprint density at radius 1 is 0.633 bits per heavy atom. The molecule has 0 bridgehead atoms. The molecule has 0 aliphatic carbocycles. The number of unbranched alkanes of at least 4 members (excludes halogenated alkanes) is 14. The molecule has 0 radical (unpaired) electrons. The Morgan fingerprint density at radius 2 is 0.900 bits per heavy atom. The van der Waals surface area contributed by atoms with Crippen molar-refractivity contribution in [2.45, 2.75) is 130 Å². The number of carboxylic acid groups (broad SMARTS) is 1. The lowest BCUT2D eigenvalue weighted by atomic mass is 10.0. The average molecular weight is 435 g/mol. The number of ketones is 1. The molecule has 0 aliphatic heterocycles. The second kappa shape index (κ2) is 30.2. The van der Waals surface area contributed by atoms with Gasteiger partial charge in [0.2, 0.25) is 0 Å². The van der Waals surface area contributed by atoms with Crippen molar-refractivity contribution in [1.82, 2.24) is 0 Å². The summed E-state index contributed by atoms with van der Waals surface area (Å²) in [4.78, 5) is 19.8. The Labute approximate surface area is 185 Å². The van der Waals surface area contributed by atoms with Crippen LogP contribution in [0.2, 0.25) is 0 Å². The molecule has 30 heavy (non-hydrogen) atoms.